The normalized spacial score (nSPS) is 21.6. The largest absolute Gasteiger partial charge is 0.420 e. The summed E-state index contributed by atoms with van der Waals surface area (Å²) in [5.41, 5.74) is 1.95. The molecule has 1 aliphatic carbocycles. The van der Waals surface area contributed by atoms with Crippen molar-refractivity contribution in [2.45, 2.75) is 48.8 Å². The van der Waals surface area contributed by atoms with Crippen LogP contribution in [0.3, 0.4) is 0 Å². The van der Waals surface area contributed by atoms with Crippen LogP contribution in [0.5, 0.6) is 0 Å². The van der Waals surface area contributed by atoms with Gasteiger partial charge in [-0.15, -0.1) is 23.1 Å². The lowest BCUT2D eigenvalue weighted by molar-refractivity contribution is -0.137. The van der Waals surface area contributed by atoms with Crippen molar-refractivity contribution in [2.75, 3.05) is 55.4 Å². The van der Waals surface area contributed by atoms with Crippen molar-refractivity contribution in [1.82, 2.24) is 20.2 Å². The highest BCUT2D eigenvalue weighted by Gasteiger charge is 2.38. The third-order valence-electron chi connectivity index (χ3n) is 8.16. The van der Waals surface area contributed by atoms with E-state index in [1.165, 1.54) is 11.8 Å². The number of fused-ring (bicyclic) bond motifs is 1. The number of piperazine rings is 1. The Balaban J connectivity index is 1.21. The lowest BCUT2D eigenvalue weighted by Crippen LogP contribution is -2.52. The molecule has 2 aromatic heterocycles. The lowest BCUT2D eigenvalue weighted by atomic mass is 10.1. The number of alkyl halides is 3. The van der Waals surface area contributed by atoms with Crippen LogP contribution < -0.4 is 15.5 Å². The van der Waals surface area contributed by atoms with Gasteiger partial charge in [0.2, 0.25) is 5.95 Å². The van der Waals surface area contributed by atoms with E-state index in [1.807, 2.05) is 6.07 Å². The summed E-state index contributed by atoms with van der Waals surface area (Å²) in [7, 11) is 0. The van der Waals surface area contributed by atoms with Crippen LogP contribution in [-0.4, -0.2) is 78.0 Å². The molecular formula is C29H31F3N6O2S2. The number of halogens is 3. The number of amides is 1. The van der Waals surface area contributed by atoms with E-state index in [1.54, 1.807) is 11.0 Å². The molecule has 2 N–H and O–H groups in total. The van der Waals surface area contributed by atoms with Crippen molar-refractivity contribution >= 4 is 46.3 Å². The van der Waals surface area contributed by atoms with E-state index in [0.717, 1.165) is 66.9 Å². The minimum Gasteiger partial charge on any atom is -0.377 e. The van der Waals surface area contributed by atoms with Crippen LogP contribution in [-0.2, 0) is 10.9 Å². The number of thioether (sulfide) groups is 1. The zero-order valence-electron chi connectivity index (χ0n) is 23.0. The summed E-state index contributed by atoms with van der Waals surface area (Å²) in [6.07, 6.45) is -1.66. The molecule has 13 heteroatoms. The van der Waals surface area contributed by atoms with Crippen LogP contribution in [0.4, 0.5) is 30.5 Å². The highest BCUT2D eigenvalue weighted by Crippen LogP contribution is 2.46. The quantitative estimate of drug-likeness (QED) is 0.371. The summed E-state index contributed by atoms with van der Waals surface area (Å²) in [5.74, 6) is 1.01. The smallest absolute Gasteiger partial charge is 0.377 e. The fraction of sp³-hybridized carbons (Fsp3) is 0.483. The molecule has 42 heavy (non-hydrogen) atoms. The molecule has 3 fully saturated rings. The Labute approximate surface area is 250 Å². The predicted octanol–water partition coefficient (Wildman–Crippen LogP) is 5.59. The van der Waals surface area contributed by atoms with Crippen LogP contribution in [0.1, 0.15) is 46.5 Å². The third kappa shape index (κ3) is 5.47. The second-order valence-corrected chi connectivity index (χ2v) is 13.5. The number of thiophene rings is 1. The topological polar surface area (TPSA) is 82.6 Å². The second-order valence-electron chi connectivity index (χ2n) is 11.3. The molecule has 0 unspecified atom stereocenters. The molecule has 7 rings (SSSR count). The van der Waals surface area contributed by atoms with Gasteiger partial charge in [-0.3, -0.25) is 4.79 Å². The van der Waals surface area contributed by atoms with E-state index in [9.17, 15) is 18.0 Å². The zero-order chi connectivity index (χ0) is 29.0. The maximum absolute atomic E-state index is 14.2. The summed E-state index contributed by atoms with van der Waals surface area (Å²) in [4.78, 5) is 27.5. The Morgan fingerprint density at radius 1 is 1.17 bits per heavy atom. The summed E-state index contributed by atoms with van der Waals surface area (Å²) in [6.45, 7) is 6.49. The first kappa shape index (κ1) is 27.9. The monoisotopic (exact) mass is 616 g/mol. The molecule has 3 aliphatic heterocycles. The van der Waals surface area contributed by atoms with Crippen molar-refractivity contribution in [3.63, 3.8) is 0 Å². The Morgan fingerprint density at radius 2 is 2.00 bits per heavy atom. The van der Waals surface area contributed by atoms with E-state index in [4.69, 9.17) is 4.74 Å². The maximum atomic E-state index is 14.2. The molecule has 3 aromatic rings. The number of aromatic nitrogens is 2. The minimum absolute atomic E-state index is 0.0113. The molecule has 1 saturated carbocycles. The van der Waals surface area contributed by atoms with Crippen molar-refractivity contribution in [3.8, 4) is 10.6 Å². The van der Waals surface area contributed by atoms with Gasteiger partial charge in [0.25, 0.3) is 5.91 Å². The van der Waals surface area contributed by atoms with Crippen LogP contribution in [0.2, 0.25) is 0 Å². The number of carbonyl (C=O) groups excluding carboxylic acids is 1. The molecule has 1 amide bonds. The maximum Gasteiger partial charge on any atom is 0.420 e. The van der Waals surface area contributed by atoms with Crippen molar-refractivity contribution in [3.05, 3.63) is 46.5 Å². The van der Waals surface area contributed by atoms with Gasteiger partial charge in [0.15, 0.2) is 0 Å². The van der Waals surface area contributed by atoms with Gasteiger partial charge in [-0.05, 0) is 55.5 Å². The van der Waals surface area contributed by atoms with Gasteiger partial charge >= 0.3 is 6.18 Å². The molecule has 0 bridgehead atoms. The predicted molar refractivity (Wildman–Crippen MR) is 158 cm³/mol. The molecule has 222 valence electrons. The van der Waals surface area contributed by atoms with E-state index >= 15 is 0 Å². The average Bonchev–Trinajstić information content (AvgIpc) is 3.71. The third-order valence-corrected chi connectivity index (χ3v) is 10.4. The van der Waals surface area contributed by atoms with Crippen LogP contribution >= 0.6 is 23.1 Å². The van der Waals surface area contributed by atoms with Crippen molar-refractivity contribution in [1.29, 1.82) is 0 Å². The summed E-state index contributed by atoms with van der Waals surface area (Å²) < 4.78 is 47.8. The average molecular weight is 617 g/mol. The summed E-state index contributed by atoms with van der Waals surface area (Å²) in [6, 6.07) is 8.31. The number of hydrogen-bond donors (Lipinski definition) is 2. The second kappa shape index (κ2) is 11.0. The molecule has 0 spiro atoms. The molecular weight excluding hydrogens is 585 g/mol. The fourth-order valence-corrected chi connectivity index (χ4v) is 8.02. The Kier molecular flexibility index (Phi) is 7.32. The molecule has 1 atom stereocenters. The number of benzene rings is 1. The fourth-order valence-electron chi connectivity index (χ4n) is 5.70. The van der Waals surface area contributed by atoms with Crippen molar-refractivity contribution < 1.29 is 22.7 Å². The summed E-state index contributed by atoms with van der Waals surface area (Å²) in [5, 5.41) is 6.70. The highest BCUT2D eigenvalue weighted by molar-refractivity contribution is 7.99. The van der Waals surface area contributed by atoms with Gasteiger partial charge in [0.1, 0.15) is 10.4 Å². The SMILES string of the molecule is C[C@@H]1CN(c2ccc(Nc3ncc(C(F)(F)F)c(-c4cc5c(s4)C(=O)N(C4COC4)CCS5)n3)c(C3CC3)c2)CCN1. The first-order chi connectivity index (χ1) is 20.2. The van der Waals surface area contributed by atoms with Crippen molar-refractivity contribution in [2.24, 2.45) is 0 Å². The molecule has 8 nitrogen and oxygen atoms in total. The number of anilines is 3. The van der Waals surface area contributed by atoms with Gasteiger partial charge < -0.3 is 25.2 Å². The van der Waals surface area contributed by atoms with Gasteiger partial charge in [-0.1, -0.05) is 0 Å². The van der Waals surface area contributed by atoms with E-state index in [-0.39, 0.29) is 23.6 Å². The number of rotatable bonds is 6. The number of nitrogens with zero attached hydrogens (tertiary/aromatic N) is 4. The van der Waals surface area contributed by atoms with Gasteiger partial charge in [-0.25, -0.2) is 9.97 Å². The zero-order valence-corrected chi connectivity index (χ0v) is 24.7. The van der Waals surface area contributed by atoms with Crippen LogP contribution in [0.25, 0.3) is 10.6 Å². The summed E-state index contributed by atoms with van der Waals surface area (Å²) >= 11 is 2.55. The molecule has 0 radical (unpaired) electrons. The first-order valence-electron chi connectivity index (χ1n) is 14.2. The van der Waals surface area contributed by atoms with Gasteiger partial charge in [0.05, 0.1) is 29.8 Å². The molecule has 1 aromatic carbocycles. The standard InChI is InChI=1S/C29H31F3N6O2S2/c1-16-13-37(7-6-33-16)18-4-5-22(20(10-18)17-2-3-17)35-28-34-12-21(29(30,31)32)25(36-28)23-11-24-26(42-23)27(39)38(8-9-41-24)19-14-40-15-19/h4-5,10-12,16-17,19,33H,2-3,6-9,13-15H2,1H3,(H,34,35,36)/t16-/m1/s1. The molecule has 4 aliphatic rings. The Bertz CT molecular complexity index is 1510. The molecule has 2 saturated heterocycles. The number of hydrogen-bond acceptors (Lipinski definition) is 9. The minimum atomic E-state index is -4.65. The number of carbonyl (C=O) groups is 1. The van der Waals surface area contributed by atoms with Crippen LogP contribution in [0.15, 0.2) is 35.4 Å². The lowest BCUT2D eigenvalue weighted by Gasteiger charge is -2.36. The number of nitrogens with one attached hydrogen (secondary N) is 2. The van der Waals surface area contributed by atoms with E-state index < -0.39 is 11.7 Å². The van der Waals surface area contributed by atoms with E-state index in [2.05, 4.69) is 44.6 Å². The number of ether oxygens (including phenoxy) is 1. The first-order valence-corrected chi connectivity index (χ1v) is 16.0. The van der Waals surface area contributed by atoms with Gasteiger partial charge in [-0.2, -0.15) is 13.2 Å². The van der Waals surface area contributed by atoms with Crippen LogP contribution in [0, 0.1) is 0 Å². The van der Waals surface area contributed by atoms with E-state index in [0.29, 0.717) is 52.1 Å². The molecule has 5 heterocycles. The Morgan fingerprint density at radius 3 is 2.71 bits per heavy atom. The highest BCUT2D eigenvalue weighted by atomic mass is 32.2. The Hall–Kier alpha value is -2.87. The van der Waals surface area contributed by atoms with Gasteiger partial charge in [0, 0.05) is 60.4 Å².